The van der Waals surface area contributed by atoms with Crippen molar-refractivity contribution in [2.24, 2.45) is 5.92 Å². The number of hydrogen-bond donors (Lipinski definition) is 0. The van der Waals surface area contributed by atoms with Crippen LogP contribution in [0.25, 0.3) is 0 Å². The zero-order valence-electron chi connectivity index (χ0n) is 7.33. The third-order valence-electron chi connectivity index (χ3n) is 2.17. The van der Waals surface area contributed by atoms with E-state index < -0.39 is 0 Å². The Labute approximate surface area is 80.9 Å². The Morgan fingerprint density at radius 3 is 2.85 bits per heavy atom. The van der Waals surface area contributed by atoms with E-state index in [0.717, 1.165) is 12.8 Å². The predicted molar refractivity (Wildman–Crippen MR) is 47.5 cm³/mol. The smallest absolute Gasteiger partial charge is 0.242 e. The largest absolute Gasteiger partial charge is 0.297 e. The number of hydrogen-bond acceptors (Lipinski definition) is 3. The van der Waals surface area contributed by atoms with Gasteiger partial charge in [0, 0.05) is 5.92 Å². The Morgan fingerprint density at radius 2 is 2.38 bits per heavy atom. The predicted octanol–water partition coefficient (Wildman–Crippen LogP) is 1.22. The van der Waals surface area contributed by atoms with Crippen molar-refractivity contribution in [3.63, 3.8) is 0 Å². The average molecular weight is 200 g/mol. The van der Waals surface area contributed by atoms with E-state index in [0.29, 0.717) is 12.4 Å². The zero-order chi connectivity index (χ0) is 9.42. The monoisotopic (exact) mass is 199 g/mol. The maximum absolute atomic E-state index is 11.4. The minimum Gasteiger partial charge on any atom is -0.297 e. The summed E-state index contributed by atoms with van der Waals surface area (Å²) in [5.41, 5.74) is 0. The summed E-state index contributed by atoms with van der Waals surface area (Å²) in [5.74, 6) is 1.20. The molecule has 13 heavy (non-hydrogen) atoms. The zero-order valence-corrected chi connectivity index (χ0v) is 8.08. The van der Waals surface area contributed by atoms with Gasteiger partial charge >= 0.3 is 0 Å². The van der Waals surface area contributed by atoms with Gasteiger partial charge in [-0.2, -0.15) is 0 Å². The molecule has 0 bridgehead atoms. The maximum Gasteiger partial charge on any atom is 0.242 e. The lowest BCUT2D eigenvalue weighted by atomic mass is 10.3. The molecule has 1 fully saturated rings. The molecule has 1 aromatic rings. The first kappa shape index (κ1) is 8.69. The molecule has 0 atom stereocenters. The van der Waals surface area contributed by atoms with Crippen molar-refractivity contribution in [3.8, 4) is 0 Å². The molecule has 5 heteroatoms. The Balaban J connectivity index is 2.07. The first-order chi connectivity index (χ1) is 6.16. The highest BCUT2D eigenvalue weighted by molar-refractivity contribution is 6.28. The highest BCUT2D eigenvalue weighted by Gasteiger charge is 2.29. The van der Waals surface area contributed by atoms with E-state index in [9.17, 15) is 4.79 Å². The van der Waals surface area contributed by atoms with E-state index in [1.165, 1.54) is 0 Å². The summed E-state index contributed by atoms with van der Waals surface area (Å²) in [6.45, 7) is 2.11. The van der Waals surface area contributed by atoms with Crippen LogP contribution < -0.4 is 0 Å². The van der Waals surface area contributed by atoms with Crippen LogP contribution in [0.2, 0.25) is 5.28 Å². The van der Waals surface area contributed by atoms with Crippen molar-refractivity contribution in [2.75, 3.05) is 0 Å². The van der Waals surface area contributed by atoms with E-state index in [2.05, 4.69) is 10.1 Å². The van der Waals surface area contributed by atoms with Crippen LogP contribution in [-0.4, -0.2) is 20.5 Å². The molecule has 0 aromatic carbocycles. The van der Waals surface area contributed by atoms with Crippen LogP contribution in [0, 0.1) is 12.8 Å². The van der Waals surface area contributed by atoms with Crippen molar-refractivity contribution < 1.29 is 4.79 Å². The van der Waals surface area contributed by atoms with Crippen LogP contribution in [0.15, 0.2) is 0 Å². The highest BCUT2D eigenvalue weighted by Crippen LogP contribution is 2.30. The molecule has 70 valence electrons. The van der Waals surface area contributed by atoms with Crippen molar-refractivity contribution in [1.29, 1.82) is 0 Å². The Hall–Kier alpha value is -0.900. The molecular weight excluding hydrogens is 190 g/mol. The summed E-state index contributed by atoms with van der Waals surface area (Å²) in [7, 11) is 0. The standard InChI is InChI=1S/C8H10ClN3O/c1-5-10-8(9)11-12(5)4-7(13)6-2-3-6/h6H,2-4H2,1H3. The summed E-state index contributed by atoms with van der Waals surface area (Å²) in [4.78, 5) is 15.3. The Bertz CT molecular complexity index is 343. The van der Waals surface area contributed by atoms with E-state index in [1.54, 1.807) is 11.6 Å². The molecule has 0 amide bonds. The topological polar surface area (TPSA) is 47.8 Å². The van der Waals surface area contributed by atoms with Gasteiger partial charge in [0.15, 0.2) is 5.78 Å². The second kappa shape index (κ2) is 3.10. The number of carbonyl (C=O) groups excluding carboxylic acids is 1. The highest BCUT2D eigenvalue weighted by atomic mass is 35.5. The molecule has 1 aromatic heterocycles. The quantitative estimate of drug-likeness (QED) is 0.736. The van der Waals surface area contributed by atoms with Gasteiger partial charge in [0.1, 0.15) is 12.4 Å². The first-order valence-corrected chi connectivity index (χ1v) is 4.64. The lowest BCUT2D eigenvalue weighted by Crippen LogP contribution is -2.14. The first-order valence-electron chi connectivity index (χ1n) is 4.26. The van der Waals surface area contributed by atoms with Gasteiger partial charge in [0.05, 0.1) is 0 Å². The van der Waals surface area contributed by atoms with Crippen LogP contribution in [-0.2, 0) is 11.3 Å². The van der Waals surface area contributed by atoms with Crippen LogP contribution >= 0.6 is 11.6 Å². The molecule has 1 aliphatic rings. The van der Waals surface area contributed by atoms with Gasteiger partial charge in [0.2, 0.25) is 5.28 Å². The Kier molecular flexibility index (Phi) is 2.07. The number of halogens is 1. The maximum atomic E-state index is 11.4. The van der Waals surface area contributed by atoms with Crippen LogP contribution in [0.5, 0.6) is 0 Å². The third kappa shape index (κ3) is 1.88. The van der Waals surface area contributed by atoms with E-state index in [-0.39, 0.29) is 17.0 Å². The van der Waals surface area contributed by atoms with Crippen LogP contribution in [0.3, 0.4) is 0 Å². The van der Waals surface area contributed by atoms with Crippen molar-refractivity contribution in [3.05, 3.63) is 11.1 Å². The van der Waals surface area contributed by atoms with Crippen LogP contribution in [0.4, 0.5) is 0 Å². The normalized spacial score (nSPS) is 16.2. The van der Waals surface area contributed by atoms with Gasteiger partial charge in [-0.3, -0.25) is 4.79 Å². The number of aromatic nitrogens is 3. The SMILES string of the molecule is Cc1nc(Cl)nn1CC(=O)C1CC1. The van der Waals surface area contributed by atoms with Crippen LogP contribution in [0.1, 0.15) is 18.7 Å². The second-order valence-corrected chi connectivity index (χ2v) is 3.66. The summed E-state index contributed by atoms with van der Waals surface area (Å²) in [6.07, 6.45) is 2.06. The molecule has 0 saturated heterocycles. The molecule has 1 heterocycles. The molecule has 4 nitrogen and oxygen atoms in total. The molecular formula is C8H10ClN3O. The summed E-state index contributed by atoms with van der Waals surface area (Å²) < 4.78 is 1.56. The van der Waals surface area contributed by atoms with Gasteiger partial charge in [0.25, 0.3) is 0 Å². The van der Waals surface area contributed by atoms with E-state index in [4.69, 9.17) is 11.6 Å². The van der Waals surface area contributed by atoms with Crippen molar-refractivity contribution >= 4 is 17.4 Å². The lowest BCUT2D eigenvalue weighted by Gasteiger charge is -1.99. The van der Waals surface area contributed by atoms with E-state index >= 15 is 0 Å². The molecule has 0 N–H and O–H groups in total. The third-order valence-corrected chi connectivity index (χ3v) is 2.33. The minimum atomic E-state index is 0.209. The molecule has 0 radical (unpaired) electrons. The molecule has 0 aliphatic heterocycles. The summed E-state index contributed by atoms with van der Waals surface area (Å²) in [6, 6.07) is 0. The van der Waals surface area contributed by atoms with Gasteiger partial charge in [-0.15, -0.1) is 5.10 Å². The fraction of sp³-hybridized carbons (Fsp3) is 0.625. The molecule has 2 rings (SSSR count). The van der Waals surface area contributed by atoms with Crippen molar-refractivity contribution in [1.82, 2.24) is 14.8 Å². The number of ketones is 1. The summed E-state index contributed by atoms with van der Waals surface area (Å²) in [5, 5.41) is 4.12. The number of carbonyl (C=O) groups is 1. The summed E-state index contributed by atoms with van der Waals surface area (Å²) >= 11 is 5.59. The molecule has 0 spiro atoms. The van der Waals surface area contributed by atoms with Crippen molar-refractivity contribution in [2.45, 2.75) is 26.3 Å². The van der Waals surface area contributed by atoms with Gasteiger partial charge < -0.3 is 0 Å². The molecule has 0 unspecified atom stereocenters. The fourth-order valence-corrected chi connectivity index (χ4v) is 1.43. The lowest BCUT2D eigenvalue weighted by molar-refractivity contribution is -0.121. The average Bonchev–Trinajstić information content (AvgIpc) is 2.81. The van der Waals surface area contributed by atoms with Gasteiger partial charge in [-0.05, 0) is 31.4 Å². The van der Waals surface area contributed by atoms with Gasteiger partial charge in [-0.1, -0.05) is 0 Å². The second-order valence-electron chi connectivity index (χ2n) is 3.33. The molecule has 1 saturated carbocycles. The molecule has 1 aliphatic carbocycles. The minimum absolute atomic E-state index is 0.209. The van der Waals surface area contributed by atoms with E-state index in [1.807, 2.05) is 0 Å². The number of rotatable bonds is 3. The number of aryl methyl sites for hydroxylation is 1. The Morgan fingerprint density at radius 1 is 1.69 bits per heavy atom. The number of Topliss-reactive ketones (excluding diaryl/α,β-unsaturated/α-hetero) is 1. The van der Waals surface area contributed by atoms with Gasteiger partial charge in [-0.25, -0.2) is 9.67 Å². The number of nitrogens with zero attached hydrogens (tertiary/aromatic N) is 3. The fourth-order valence-electron chi connectivity index (χ4n) is 1.22.